The summed E-state index contributed by atoms with van der Waals surface area (Å²) < 4.78 is 10.4. The number of nitrogens with two attached hydrogens (primary N) is 1. The number of hydrogen-bond donors (Lipinski definition) is 2. The van der Waals surface area contributed by atoms with E-state index in [-0.39, 0.29) is 17.9 Å². The van der Waals surface area contributed by atoms with Crippen molar-refractivity contribution >= 4 is 17.6 Å². The molecule has 1 aromatic carbocycles. The summed E-state index contributed by atoms with van der Waals surface area (Å²) in [6.45, 7) is 0.970. The van der Waals surface area contributed by atoms with Crippen LogP contribution in [0, 0.1) is 5.92 Å². The number of primary amides is 1. The fourth-order valence-corrected chi connectivity index (χ4v) is 2.51. The van der Waals surface area contributed by atoms with E-state index in [0.717, 1.165) is 12.8 Å². The topological polar surface area (TPSA) is 93.9 Å². The maximum Gasteiger partial charge on any atom is 0.321 e. The second-order valence-corrected chi connectivity index (χ2v) is 5.19. The summed E-state index contributed by atoms with van der Waals surface area (Å²) in [5.74, 6) is 0.495. The van der Waals surface area contributed by atoms with E-state index in [1.807, 2.05) is 0 Å². The zero-order chi connectivity index (χ0) is 16.1. The minimum atomic E-state index is -0.358. The maximum absolute atomic E-state index is 12.3. The zero-order valence-electron chi connectivity index (χ0n) is 12.8. The van der Waals surface area contributed by atoms with Crippen molar-refractivity contribution in [3.63, 3.8) is 0 Å². The van der Waals surface area contributed by atoms with E-state index in [1.54, 1.807) is 30.2 Å². The lowest BCUT2D eigenvalue weighted by molar-refractivity contribution is -0.123. The summed E-state index contributed by atoms with van der Waals surface area (Å²) >= 11 is 0. The predicted molar refractivity (Wildman–Crippen MR) is 82.1 cm³/mol. The molecule has 0 aliphatic carbocycles. The Kier molecular flexibility index (Phi) is 5.08. The molecule has 0 aromatic heterocycles. The number of nitrogens with zero attached hydrogens (tertiary/aromatic N) is 1. The second kappa shape index (κ2) is 7.02. The summed E-state index contributed by atoms with van der Waals surface area (Å²) in [5.41, 5.74) is 5.93. The van der Waals surface area contributed by atoms with Gasteiger partial charge in [0.05, 0.1) is 20.1 Å². The largest absolute Gasteiger partial charge is 0.493 e. The third-order valence-corrected chi connectivity index (χ3v) is 3.75. The van der Waals surface area contributed by atoms with Gasteiger partial charge in [-0.15, -0.1) is 0 Å². The van der Waals surface area contributed by atoms with Crippen LogP contribution in [-0.2, 0) is 4.79 Å². The van der Waals surface area contributed by atoms with Gasteiger partial charge in [0.15, 0.2) is 11.5 Å². The highest BCUT2D eigenvalue weighted by Gasteiger charge is 2.27. The molecule has 1 fully saturated rings. The number of ether oxygens (including phenoxy) is 2. The molecule has 0 saturated carbocycles. The molecule has 120 valence electrons. The predicted octanol–water partition coefficient (Wildman–Crippen LogP) is 1.43. The van der Waals surface area contributed by atoms with Crippen LogP contribution < -0.4 is 20.5 Å². The molecule has 0 spiro atoms. The van der Waals surface area contributed by atoms with Gasteiger partial charge in [0.2, 0.25) is 5.91 Å². The number of rotatable bonds is 4. The summed E-state index contributed by atoms with van der Waals surface area (Å²) in [6, 6.07) is 4.89. The van der Waals surface area contributed by atoms with Gasteiger partial charge in [-0.3, -0.25) is 4.79 Å². The number of carbonyl (C=O) groups is 2. The summed E-state index contributed by atoms with van der Waals surface area (Å²) in [6.07, 6.45) is 1.50. The molecular formula is C15H21N3O4. The van der Waals surface area contributed by atoms with Crippen molar-refractivity contribution in [2.24, 2.45) is 11.7 Å². The Morgan fingerprint density at radius 3 is 2.64 bits per heavy atom. The highest BCUT2D eigenvalue weighted by molar-refractivity contribution is 5.90. The number of methoxy groups -OCH3 is 2. The van der Waals surface area contributed by atoms with Gasteiger partial charge in [-0.25, -0.2) is 4.79 Å². The monoisotopic (exact) mass is 307 g/mol. The number of benzene rings is 1. The Bertz CT molecular complexity index is 562. The van der Waals surface area contributed by atoms with Crippen LogP contribution in [-0.4, -0.2) is 44.1 Å². The number of nitrogens with one attached hydrogen (secondary N) is 1. The highest BCUT2D eigenvalue weighted by Crippen LogP contribution is 2.30. The van der Waals surface area contributed by atoms with Gasteiger partial charge in [0.1, 0.15) is 0 Å². The van der Waals surface area contributed by atoms with E-state index in [1.165, 1.54) is 7.11 Å². The summed E-state index contributed by atoms with van der Waals surface area (Å²) in [5, 5.41) is 2.80. The van der Waals surface area contributed by atoms with E-state index in [9.17, 15) is 9.59 Å². The normalized spacial score (nSPS) is 17.7. The van der Waals surface area contributed by atoms with Crippen molar-refractivity contribution in [1.82, 2.24) is 4.90 Å². The smallest absolute Gasteiger partial charge is 0.321 e. The molecular weight excluding hydrogens is 286 g/mol. The molecule has 7 heteroatoms. The van der Waals surface area contributed by atoms with Crippen LogP contribution in [0.5, 0.6) is 11.5 Å². The van der Waals surface area contributed by atoms with Gasteiger partial charge in [-0.1, -0.05) is 0 Å². The van der Waals surface area contributed by atoms with Crippen LogP contribution in [0.1, 0.15) is 12.8 Å². The van der Waals surface area contributed by atoms with Crippen molar-refractivity contribution in [2.45, 2.75) is 12.8 Å². The first-order valence-electron chi connectivity index (χ1n) is 7.12. The zero-order valence-corrected chi connectivity index (χ0v) is 12.8. The molecule has 1 aliphatic rings. The van der Waals surface area contributed by atoms with Crippen molar-refractivity contribution in [2.75, 3.05) is 32.6 Å². The number of piperidine rings is 1. The van der Waals surface area contributed by atoms with E-state index in [0.29, 0.717) is 30.3 Å². The van der Waals surface area contributed by atoms with Gasteiger partial charge in [-0.05, 0) is 25.0 Å². The van der Waals surface area contributed by atoms with E-state index >= 15 is 0 Å². The molecule has 1 unspecified atom stereocenters. The van der Waals surface area contributed by atoms with Crippen LogP contribution in [0.4, 0.5) is 10.5 Å². The van der Waals surface area contributed by atoms with Crippen LogP contribution in [0.3, 0.4) is 0 Å². The quantitative estimate of drug-likeness (QED) is 0.880. The fourth-order valence-electron chi connectivity index (χ4n) is 2.51. The Balaban J connectivity index is 2.04. The van der Waals surface area contributed by atoms with E-state index < -0.39 is 0 Å². The maximum atomic E-state index is 12.3. The molecule has 0 bridgehead atoms. The molecule has 7 nitrogen and oxygen atoms in total. The molecule has 1 aromatic rings. The molecule has 1 saturated heterocycles. The third-order valence-electron chi connectivity index (χ3n) is 3.75. The van der Waals surface area contributed by atoms with Crippen molar-refractivity contribution in [3.05, 3.63) is 18.2 Å². The van der Waals surface area contributed by atoms with Crippen molar-refractivity contribution < 1.29 is 19.1 Å². The van der Waals surface area contributed by atoms with Gasteiger partial charge in [0.25, 0.3) is 0 Å². The SMILES string of the molecule is COc1ccc(NC(=O)N2CCCC(C(N)=O)C2)cc1OC. The molecule has 1 aliphatic heterocycles. The van der Waals surface area contributed by atoms with Gasteiger partial charge < -0.3 is 25.4 Å². The number of amides is 3. The van der Waals surface area contributed by atoms with Crippen molar-refractivity contribution in [3.8, 4) is 11.5 Å². The van der Waals surface area contributed by atoms with Crippen LogP contribution in [0.2, 0.25) is 0 Å². The average Bonchev–Trinajstić information content (AvgIpc) is 2.54. The van der Waals surface area contributed by atoms with E-state index in [4.69, 9.17) is 15.2 Å². The number of likely N-dealkylation sites (tertiary alicyclic amines) is 1. The summed E-state index contributed by atoms with van der Waals surface area (Å²) in [4.78, 5) is 25.2. The summed E-state index contributed by atoms with van der Waals surface area (Å²) in [7, 11) is 3.08. The molecule has 3 amide bonds. The van der Waals surface area contributed by atoms with Crippen LogP contribution in [0.15, 0.2) is 18.2 Å². The molecule has 1 heterocycles. The third kappa shape index (κ3) is 3.60. The lowest BCUT2D eigenvalue weighted by atomic mass is 9.98. The molecule has 2 rings (SSSR count). The Morgan fingerprint density at radius 1 is 1.27 bits per heavy atom. The molecule has 22 heavy (non-hydrogen) atoms. The Hall–Kier alpha value is -2.44. The van der Waals surface area contributed by atoms with Gasteiger partial charge in [-0.2, -0.15) is 0 Å². The lowest BCUT2D eigenvalue weighted by Gasteiger charge is -2.31. The van der Waals surface area contributed by atoms with Gasteiger partial charge in [0, 0.05) is 24.8 Å². The highest BCUT2D eigenvalue weighted by atomic mass is 16.5. The average molecular weight is 307 g/mol. The minimum absolute atomic E-state index is 0.252. The fraction of sp³-hybridized carbons (Fsp3) is 0.467. The molecule has 1 atom stereocenters. The molecule has 3 N–H and O–H groups in total. The molecule has 0 radical (unpaired) electrons. The van der Waals surface area contributed by atoms with Crippen LogP contribution in [0.25, 0.3) is 0 Å². The minimum Gasteiger partial charge on any atom is -0.493 e. The number of hydrogen-bond acceptors (Lipinski definition) is 4. The van der Waals surface area contributed by atoms with Crippen LogP contribution >= 0.6 is 0 Å². The first kappa shape index (κ1) is 15.9. The Morgan fingerprint density at radius 2 is 2.00 bits per heavy atom. The second-order valence-electron chi connectivity index (χ2n) is 5.19. The first-order chi connectivity index (χ1) is 10.5. The van der Waals surface area contributed by atoms with Gasteiger partial charge >= 0.3 is 6.03 Å². The van der Waals surface area contributed by atoms with Crippen molar-refractivity contribution in [1.29, 1.82) is 0 Å². The number of anilines is 1. The Labute approximate surface area is 129 Å². The standard InChI is InChI=1S/C15H21N3O4/c1-21-12-6-5-11(8-13(12)22-2)17-15(20)18-7-3-4-10(9-18)14(16)19/h5-6,8,10H,3-4,7,9H2,1-2H3,(H2,16,19)(H,17,20). The lowest BCUT2D eigenvalue weighted by Crippen LogP contribution is -2.45. The van der Waals surface area contributed by atoms with E-state index in [2.05, 4.69) is 5.32 Å². The number of urea groups is 1. The number of carbonyl (C=O) groups excluding carboxylic acids is 2. The first-order valence-corrected chi connectivity index (χ1v) is 7.12.